The summed E-state index contributed by atoms with van der Waals surface area (Å²) in [6, 6.07) is 13.3. The maximum atomic E-state index is 13.5. The molecule has 3 heterocycles. The van der Waals surface area contributed by atoms with Gasteiger partial charge in [0.25, 0.3) is 5.56 Å². The molecule has 31 heavy (non-hydrogen) atoms. The number of aryl methyl sites for hydroxylation is 1. The molecule has 0 bridgehead atoms. The number of hydrogen-bond donors (Lipinski definition) is 2. The Bertz CT molecular complexity index is 1350. The van der Waals surface area contributed by atoms with E-state index < -0.39 is 6.10 Å². The molecule has 7 heteroatoms. The van der Waals surface area contributed by atoms with Gasteiger partial charge in [-0.25, -0.2) is 4.98 Å². The molecule has 1 aliphatic rings. The highest BCUT2D eigenvalue weighted by atomic mass is 16.5. The molecule has 2 N–H and O–H groups in total. The second-order valence-electron chi connectivity index (χ2n) is 8.13. The minimum absolute atomic E-state index is 0.152. The first-order valence-corrected chi connectivity index (χ1v) is 10.4. The van der Waals surface area contributed by atoms with Crippen molar-refractivity contribution in [2.24, 2.45) is 0 Å². The lowest BCUT2D eigenvalue weighted by Gasteiger charge is -2.29. The Balaban J connectivity index is 1.70. The molecule has 0 radical (unpaired) electrons. The number of benzene rings is 2. The zero-order chi connectivity index (χ0) is 21.5. The molecule has 0 spiro atoms. The van der Waals surface area contributed by atoms with Gasteiger partial charge in [-0.05, 0) is 35.4 Å². The fourth-order valence-corrected chi connectivity index (χ4v) is 4.46. The highest BCUT2D eigenvalue weighted by Gasteiger charge is 2.27. The van der Waals surface area contributed by atoms with E-state index in [9.17, 15) is 15.1 Å². The molecule has 158 valence electrons. The van der Waals surface area contributed by atoms with Gasteiger partial charge in [-0.3, -0.25) is 14.6 Å². The van der Waals surface area contributed by atoms with Crippen molar-refractivity contribution in [3.8, 4) is 0 Å². The molecule has 2 aromatic heterocycles. The molecule has 1 saturated heterocycles. The van der Waals surface area contributed by atoms with Crippen LogP contribution in [-0.4, -0.2) is 39.2 Å². The van der Waals surface area contributed by atoms with Gasteiger partial charge in [0.1, 0.15) is 0 Å². The second-order valence-corrected chi connectivity index (χ2v) is 8.13. The minimum Gasteiger partial charge on any atom is -0.389 e. The maximum Gasteiger partial charge on any atom is 0.261 e. The Morgan fingerprint density at radius 1 is 1.19 bits per heavy atom. The van der Waals surface area contributed by atoms with Gasteiger partial charge >= 0.3 is 0 Å². The number of pyridine rings is 1. The normalized spacial score (nSPS) is 19.2. The summed E-state index contributed by atoms with van der Waals surface area (Å²) < 4.78 is 7.95. The van der Waals surface area contributed by atoms with E-state index in [1.165, 1.54) is 0 Å². The van der Waals surface area contributed by atoms with Crippen LogP contribution in [0.15, 0.2) is 59.8 Å². The van der Waals surface area contributed by atoms with Crippen molar-refractivity contribution in [1.82, 2.24) is 9.55 Å². The summed E-state index contributed by atoms with van der Waals surface area (Å²) in [6.07, 6.45) is 3.62. The van der Waals surface area contributed by atoms with Crippen LogP contribution in [0.1, 0.15) is 29.3 Å². The van der Waals surface area contributed by atoms with E-state index >= 15 is 0 Å². The highest BCUT2D eigenvalue weighted by molar-refractivity contribution is 6.06. The number of aromatic nitrogens is 3. The van der Waals surface area contributed by atoms with Crippen LogP contribution in [0.3, 0.4) is 0 Å². The van der Waals surface area contributed by atoms with Crippen molar-refractivity contribution in [3.63, 3.8) is 0 Å². The standard InChI is InChI=1S/C24H24N3O4/c1-15-10-16(6-8-27(15)30)11-17-12-20-23(19-5-3-2-4-18(17)19)25-14-26(24(20)29)21-7-9-31-13-22(21)28/h2-6,8,10,12,14,21-22,28,30H,7,9,11,13H2,1H3/q+1/t21-,22-/m0/s1. The van der Waals surface area contributed by atoms with E-state index in [-0.39, 0.29) is 18.2 Å². The predicted octanol–water partition coefficient (Wildman–Crippen LogP) is 2.30. The summed E-state index contributed by atoms with van der Waals surface area (Å²) in [4.78, 5) is 18.1. The number of aliphatic hydroxyl groups excluding tert-OH is 1. The van der Waals surface area contributed by atoms with Gasteiger partial charge < -0.3 is 9.84 Å². The van der Waals surface area contributed by atoms with Gasteiger partial charge in [-0.2, -0.15) is 0 Å². The van der Waals surface area contributed by atoms with Gasteiger partial charge in [-0.1, -0.05) is 24.3 Å². The van der Waals surface area contributed by atoms with Crippen LogP contribution in [0.5, 0.6) is 0 Å². The Hall–Kier alpha value is -3.29. The van der Waals surface area contributed by atoms with Crippen molar-refractivity contribution in [2.75, 3.05) is 13.2 Å². The topological polar surface area (TPSA) is 88.5 Å². The van der Waals surface area contributed by atoms with E-state index in [0.29, 0.717) is 30.4 Å². The van der Waals surface area contributed by atoms with Crippen LogP contribution in [0, 0.1) is 6.92 Å². The number of nitrogens with zero attached hydrogens (tertiary/aromatic N) is 3. The fourth-order valence-electron chi connectivity index (χ4n) is 4.46. The Kier molecular flexibility index (Phi) is 4.92. The van der Waals surface area contributed by atoms with Gasteiger partial charge in [0.2, 0.25) is 11.9 Å². The third-order valence-corrected chi connectivity index (χ3v) is 6.11. The summed E-state index contributed by atoms with van der Waals surface area (Å²) in [5.41, 5.74) is 3.30. The van der Waals surface area contributed by atoms with Gasteiger partial charge in [-0.15, -0.1) is 0 Å². The number of rotatable bonds is 3. The molecule has 7 nitrogen and oxygen atoms in total. The molecule has 1 fully saturated rings. The number of ether oxygens (including phenoxy) is 1. The Labute approximate surface area is 178 Å². The van der Waals surface area contributed by atoms with Crippen LogP contribution < -0.4 is 10.3 Å². The van der Waals surface area contributed by atoms with Crippen molar-refractivity contribution in [3.05, 3.63) is 82.2 Å². The molecule has 5 rings (SSSR count). The molecule has 0 saturated carbocycles. The number of hydrogen-bond acceptors (Lipinski definition) is 5. The summed E-state index contributed by atoms with van der Waals surface area (Å²) in [5.74, 6) is 0. The predicted molar refractivity (Wildman–Crippen MR) is 115 cm³/mol. The summed E-state index contributed by atoms with van der Waals surface area (Å²) in [6.45, 7) is 2.56. The van der Waals surface area contributed by atoms with E-state index in [4.69, 9.17) is 4.74 Å². The van der Waals surface area contributed by atoms with E-state index in [1.807, 2.05) is 49.4 Å². The molecular weight excluding hydrogens is 394 g/mol. The van der Waals surface area contributed by atoms with E-state index in [2.05, 4.69) is 4.98 Å². The monoisotopic (exact) mass is 418 g/mol. The van der Waals surface area contributed by atoms with Crippen molar-refractivity contribution in [1.29, 1.82) is 0 Å². The first-order chi connectivity index (χ1) is 15.0. The van der Waals surface area contributed by atoms with Crippen LogP contribution >= 0.6 is 0 Å². The summed E-state index contributed by atoms with van der Waals surface area (Å²) in [7, 11) is 0. The second kappa shape index (κ2) is 7.76. The van der Waals surface area contributed by atoms with Crippen molar-refractivity contribution >= 4 is 21.7 Å². The smallest absolute Gasteiger partial charge is 0.261 e. The van der Waals surface area contributed by atoms with Crippen LogP contribution in [-0.2, 0) is 11.2 Å². The molecule has 2 atom stereocenters. The maximum absolute atomic E-state index is 13.5. The fraction of sp³-hybridized carbons (Fsp3) is 0.292. The lowest BCUT2D eigenvalue weighted by atomic mass is 9.96. The molecule has 1 aliphatic heterocycles. The zero-order valence-electron chi connectivity index (χ0n) is 17.2. The van der Waals surface area contributed by atoms with Crippen molar-refractivity contribution in [2.45, 2.75) is 31.9 Å². The summed E-state index contributed by atoms with van der Waals surface area (Å²) in [5, 5.41) is 22.6. The van der Waals surface area contributed by atoms with Gasteiger partial charge in [0, 0.05) is 35.8 Å². The molecular formula is C24H24N3O4+. The first kappa shape index (κ1) is 19.7. The Morgan fingerprint density at radius 2 is 2.00 bits per heavy atom. The number of aliphatic hydroxyl groups is 1. The SMILES string of the molecule is Cc1cc(Cc2cc3c(=O)n([C@H]4CCOC[C@@H]4O)cnc3c3ccccc23)cc[n+]1O. The van der Waals surface area contributed by atoms with Gasteiger partial charge in [0.15, 0.2) is 0 Å². The quantitative estimate of drug-likeness (QED) is 0.303. The van der Waals surface area contributed by atoms with Crippen LogP contribution in [0.2, 0.25) is 0 Å². The minimum atomic E-state index is -0.733. The highest BCUT2D eigenvalue weighted by Crippen LogP contribution is 2.28. The van der Waals surface area contributed by atoms with Crippen LogP contribution in [0.4, 0.5) is 0 Å². The average molecular weight is 418 g/mol. The zero-order valence-corrected chi connectivity index (χ0v) is 17.2. The Morgan fingerprint density at radius 3 is 2.77 bits per heavy atom. The van der Waals surface area contributed by atoms with Gasteiger partial charge in [0.05, 0.1) is 36.0 Å². The largest absolute Gasteiger partial charge is 0.389 e. The van der Waals surface area contributed by atoms with E-state index in [0.717, 1.165) is 32.3 Å². The van der Waals surface area contributed by atoms with Crippen molar-refractivity contribution < 1.29 is 19.8 Å². The molecule has 4 aromatic rings. The number of fused-ring (bicyclic) bond motifs is 3. The first-order valence-electron chi connectivity index (χ1n) is 10.4. The van der Waals surface area contributed by atoms with Crippen LogP contribution in [0.25, 0.3) is 21.7 Å². The molecule has 0 unspecified atom stereocenters. The molecule has 2 aromatic carbocycles. The molecule has 0 aliphatic carbocycles. The average Bonchev–Trinajstić information content (AvgIpc) is 2.78. The lowest BCUT2D eigenvalue weighted by molar-refractivity contribution is -0.908. The third-order valence-electron chi connectivity index (χ3n) is 6.11. The van der Waals surface area contributed by atoms with E-state index in [1.54, 1.807) is 17.1 Å². The lowest BCUT2D eigenvalue weighted by Crippen LogP contribution is -2.39. The third kappa shape index (κ3) is 3.45. The molecule has 0 amide bonds. The summed E-state index contributed by atoms with van der Waals surface area (Å²) >= 11 is 0.